The first-order valence-corrected chi connectivity index (χ1v) is 2.79. The zero-order valence-corrected chi connectivity index (χ0v) is 5.37. The van der Waals surface area contributed by atoms with Crippen molar-refractivity contribution in [2.75, 3.05) is 0 Å². The lowest BCUT2D eigenvalue weighted by Crippen LogP contribution is -1.89. The van der Waals surface area contributed by atoms with Crippen LogP contribution in [0.1, 0.15) is 12.7 Å². The third-order valence-electron chi connectivity index (χ3n) is 1.01. The minimum Gasteiger partial charge on any atom is -0.390 e. The highest BCUT2D eigenvalue weighted by molar-refractivity contribution is 5.01. The number of hydrogen-bond acceptors (Lipinski definition) is 4. The van der Waals surface area contributed by atoms with Gasteiger partial charge in [0.15, 0.2) is 0 Å². The molecule has 0 radical (unpaired) electrons. The van der Waals surface area contributed by atoms with Crippen molar-refractivity contribution in [1.29, 1.82) is 0 Å². The number of nitro groups is 1. The zero-order chi connectivity index (χ0) is 7.56. The Hall–Kier alpha value is -1.46. The molecule has 0 atom stereocenters. The molecule has 6 nitrogen and oxygen atoms in total. The van der Waals surface area contributed by atoms with Crippen LogP contribution in [0.5, 0.6) is 0 Å². The topological polar surface area (TPSA) is 84.7 Å². The molecule has 0 spiro atoms. The first-order valence-electron chi connectivity index (χ1n) is 2.79. The molecule has 0 bridgehead atoms. The number of nitrogens with one attached hydrogen (secondary N) is 1. The maximum atomic E-state index is 10.0. The standard InChI is InChI=1S/C4H6N4O2/c1-2-3-5-4(7-6-3)8(9)10/h2H2,1H3,(H,5,6,7). The van der Waals surface area contributed by atoms with Crippen LogP contribution in [0.2, 0.25) is 0 Å². The summed E-state index contributed by atoms with van der Waals surface area (Å²) < 4.78 is 0. The van der Waals surface area contributed by atoms with Crippen molar-refractivity contribution in [3.63, 3.8) is 0 Å². The summed E-state index contributed by atoms with van der Waals surface area (Å²) in [5.41, 5.74) is 0. The van der Waals surface area contributed by atoms with Crippen LogP contribution in [0.4, 0.5) is 5.95 Å². The Labute approximate surface area is 56.4 Å². The summed E-state index contributed by atoms with van der Waals surface area (Å²) >= 11 is 0. The van der Waals surface area contributed by atoms with Crippen LogP contribution in [0, 0.1) is 10.1 Å². The second-order valence-electron chi connectivity index (χ2n) is 1.69. The summed E-state index contributed by atoms with van der Waals surface area (Å²) in [5.74, 6) is 0.170. The van der Waals surface area contributed by atoms with Gasteiger partial charge in [-0.25, -0.2) is 0 Å². The minimum atomic E-state index is -0.605. The first-order chi connectivity index (χ1) is 4.74. The van der Waals surface area contributed by atoms with E-state index < -0.39 is 4.92 Å². The van der Waals surface area contributed by atoms with Crippen LogP contribution in [-0.4, -0.2) is 20.1 Å². The number of nitrogens with zero attached hydrogens (tertiary/aromatic N) is 3. The molecule has 0 aromatic carbocycles. The third kappa shape index (κ3) is 1.09. The Kier molecular flexibility index (Phi) is 1.61. The Morgan fingerprint density at radius 2 is 2.50 bits per heavy atom. The molecule has 0 saturated carbocycles. The van der Waals surface area contributed by atoms with Crippen LogP contribution in [0.3, 0.4) is 0 Å². The molecule has 1 rings (SSSR count). The third-order valence-corrected chi connectivity index (χ3v) is 1.01. The van der Waals surface area contributed by atoms with Gasteiger partial charge in [-0.3, -0.25) is 0 Å². The Morgan fingerprint density at radius 3 is 2.80 bits per heavy atom. The molecule has 10 heavy (non-hydrogen) atoms. The van der Waals surface area contributed by atoms with Gasteiger partial charge in [0.25, 0.3) is 0 Å². The molecule has 0 amide bonds. The SMILES string of the molecule is CCc1n[nH]c([N+](=O)[O-])n1. The average molecular weight is 142 g/mol. The van der Waals surface area contributed by atoms with E-state index in [0.29, 0.717) is 12.2 Å². The van der Waals surface area contributed by atoms with Gasteiger partial charge < -0.3 is 10.1 Å². The number of hydrogen-bond donors (Lipinski definition) is 1. The van der Waals surface area contributed by atoms with Crippen molar-refractivity contribution in [2.45, 2.75) is 13.3 Å². The number of rotatable bonds is 2. The van der Waals surface area contributed by atoms with E-state index in [4.69, 9.17) is 0 Å². The molecule has 0 aliphatic rings. The van der Waals surface area contributed by atoms with Crippen LogP contribution in [-0.2, 0) is 6.42 Å². The molecule has 0 fully saturated rings. The molecular formula is C4H6N4O2. The van der Waals surface area contributed by atoms with Crippen molar-refractivity contribution < 1.29 is 4.92 Å². The van der Waals surface area contributed by atoms with E-state index in [-0.39, 0.29) is 5.95 Å². The monoisotopic (exact) mass is 142 g/mol. The Morgan fingerprint density at radius 1 is 1.80 bits per heavy atom. The van der Waals surface area contributed by atoms with Crippen molar-refractivity contribution in [2.24, 2.45) is 0 Å². The maximum Gasteiger partial charge on any atom is 0.453 e. The molecule has 0 aliphatic carbocycles. The summed E-state index contributed by atoms with van der Waals surface area (Å²) in [5, 5.41) is 15.8. The van der Waals surface area contributed by atoms with Gasteiger partial charge in [0.2, 0.25) is 5.82 Å². The van der Waals surface area contributed by atoms with Crippen LogP contribution in [0.15, 0.2) is 0 Å². The normalized spacial score (nSPS) is 9.70. The smallest absolute Gasteiger partial charge is 0.390 e. The molecular weight excluding hydrogens is 136 g/mol. The predicted octanol–water partition coefficient (Wildman–Crippen LogP) is 0.275. The van der Waals surface area contributed by atoms with Crippen LogP contribution in [0.25, 0.3) is 0 Å². The Bertz CT molecular complexity index is 243. The predicted molar refractivity (Wildman–Crippen MR) is 32.4 cm³/mol. The van der Waals surface area contributed by atoms with Crippen LogP contribution < -0.4 is 0 Å². The summed E-state index contributed by atoms with van der Waals surface area (Å²) in [4.78, 5) is 13.0. The van der Waals surface area contributed by atoms with Gasteiger partial charge in [0.05, 0.1) is 0 Å². The fraction of sp³-hybridized carbons (Fsp3) is 0.500. The van der Waals surface area contributed by atoms with Gasteiger partial charge in [-0.15, -0.1) is 5.10 Å². The molecule has 1 aromatic rings. The van der Waals surface area contributed by atoms with E-state index in [9.17, 15) is 10.1 Å². The van der Waals surface area contributed by atoms with Gasteiger partial charge in [-0.05, 0) is 9.91 Å². The molecule has 1 aromatic heterocycles. The average Bonchev–Trinajstić information content (AvgIpc) is 2.34. The summed E-state index contributed by atoms with van der Waals surface area (Å²) in [7, 11) is 0. The summed E-state index contributed by atoms with van der Waals surface area (Å²) in [6, 6.07) is 0. The summed E-state index contributed by atoms with van der Waals surface area (Å²) in [6.07, 6.45) is 0.602. The highest BCUT2D eigenvalue weighted by Gasteiger charge is 2.10. The molecule has 0 aliphatic heterocycles. The van der Waals surface area contributed by atoms with Gasteiger partial charge >= 0.3 is 5.95 Å². The number of aromatic amines is 1. The molecule has 0 saturated heterocycles. The second-order valence-corrected chi connectivity index (χ2v) is 1.69. The van der Waals surface area contributed by atoms with Gasteiger partial charge in [-0.2, -0.15) is 0 Å². The van der Waals surface area contributed by atoms with Crippen molar-refractivity contribution in [1.82, 2.24) is 15.2 Å². The van der Waals surface area contributed by atoms with E-state index in [2.05, 4.69) is 15.2 Å². The van der Waals surface area contributed by atoms with Crippen molar-refractivity contribution in [3.8, 4) is 0 Å². The van der Waals surface area contributed by atoms with Crippen LogP contribution >= 0.6 is 0 Å². The highest BCUT2D eigenvalue weighted by atomic mass is 16.6. The van der Waals surface area contributed by atoms with Gasteiger partial charge in [0, 0.05) is 6.42 Å². The lowest BCUT2D eigenvalue weighted by molar-refractivity contribution is -0.394. The highest BCUT2D eigenvalue weighted by Crippen LogP contribution is 2.00. The van der Waals surface area contributed by atoms with Crippen molar-refractivity contribution >= 4 is 5.95 Å². The van der Waals surface area contributed by atoms with E-state index >= 15 is 0 Å². The van der Waals surface area contributed by atoms with Gasteiger partial charge in [-0.1, -0.05) is 12.0 Å². The quantitative estimate of drug-likeness (QED) is 0.474. The Balaban J connectivity index is 2.88. The summed E-state index contributed by atoms with van der Waals surface area (Å²) in [6.45, 7) is 1.83. The largest absolute Gasteiger partial charge is 0.453 e. The maximum absolute atomic E-state index is 10.0. The first kappa shape index (κ1) is 6.66. The minimum absolute atomic E-state index is 0.295. The number of aromatic nitrogens is 3. The van der Waals surface area contributed by atoms with E-state index in [0.717, 1.165) is 0 Å². The van der Waals surface area contributed by atoms with Gasteiger partial charge in [0.1, 0.15) is 0 Å². The molecule has 54 valence electrons. The lowest BCUT2D eigenvalue weighted by atomic mass is 10.5. The zero-order valence-electron chi connectivity index (χ0n) is 5.37. The molecule has 0 unspecified atom stereocenters. The van der Waals surface area contributed by atoms with Crippen molar-refractivity contribution in [3.05, 3.63) is 15.9 Å². The number of aryl methyl sites for hydroxylation is 1. The van der Waals surface area contributed by atoms with E-state index in [1.54, 1.807) is 0 Å². The molecule has 6 heteroatoms. The fourth-order valence-corrected chi connectivity index (χ4v) is 0.527. The molecule has 1 N–H and O–H groups in total. The van der Waals surface area contributed by atoms with E-state index in [1.807, 2.05) is 6.92 Å². The second kappa shape index (κ2) is 2.42. The van der Waals surface area contributed by atoms with E-state index in [1.165, 1.54) is 0 Å². The number of H-pyrrole nitrogens is 1. The fourth-order valence-electron chi connectivity index (χ4n) is 0.527. The lowest BCUT2D eigenvalue weighted by Gasteiger charge is -1.83. The molecule has 1 heterocycles.